The molecule has 20 heavy (non-hydrogen) atoms. The summed E-state index contributed by atoms with van der Waals surface area (Å²) in [4.78, 5) is 10.9. The Labute approximate surface area is 119 Å². The molecule has 0 amide bonds. The number of carbonyl (C=O) groups is 1. The Balaban J connectivity index is 2.04. The Morgan fingerprint density at radius 2 is 2.00 bits per heavy atom. The molecule has 0 unspecified atom stereocenters. The molecule has 1 fully saturated rings. The third kappa shape index (κ3) is 3.60. The third-order valence-electron chi connectivity index (χ3n) is 3.55. The summed E-state index contributed by atoms with van der Waals surface area (Å²) in [5.74, 6) is 5.34. The van der Waals surface area contributed by atoms with Crippen molar-refractivity contribution in [3.63, 3.8) is 0 Å². The number of methoxy groups -OCH3 is 1. The van der Waals surface area contributed by atoms with Gasteiger partial charge in [-0.1, -0.05) is 24.0 Å². The van der Waals surface area contributed by atoms with Crippen molar-refractivity contribution in [2.75, 3.05) is 20.2 Å². The lowest BCUT2D eigenvalue weighted by Gasteiger charge is -2.33. The van der Waals surface area contributed by atoms with E-state index in [0.29, 0.717) is 0 Å². The van der Waals surface area contributed by atoms with Gasteiger partial charge in [0.25, 0.3) is 0 Å². The molecule has 1 aromatic carbocycles. The summed E-state index contributed by atoms with van der Waals surface area (Å²) in [6, 6.07) is 7.57. The van der Waals surface area contributed by atoms with Crippen LogP contribution in [0.3, 0.4) is 0 Å². The maximum atomic E-state index is 10.9. The molecule has 2 rings (SSSR count). The average molecular weight is 273 g/mol. The van der Waals surface area contributed by atoms with E-state index in [1.807, 2.05) is 24.3 Å². The van der Waals surface area contributed by atoms with Crippen LogP contribution in [0.1, 0.15) is 30.4 Å². The second kappa shape index (κ2) is 6.56. The lowest BCUT2D eigenvalue weighted by molar-refractivity contribution is -0.139. The molecule has 0 aromatic heterocycles. The van der Waals surface area contributed by atoms with E-state index in [1.165, 1.54) is 7.11 Å². The second-order valence-electron chi connectivity index (χ2n) is 4.91. The van der Waals surface area contributed by atoms with E-state index in [9.17, 15) is 9.90 Å². The van der Waals surface area contributed by atoms with E-state index in [-0.39, 0.29) is 12.4 Å². The lowest BCUT2D eigenvalue weighted by Crippen LogP contribution is -2.39. The van der Waals surface area contributed by atoms with Crippen molar-refractivity contribution in [1.29, 1.82) is 0 Å². The highest BCUT2D eigenvalue weighted by Crippen LogP contribution is 2.30. The number of carbonyl (C=O) groups excluding carboxylic acids is 1. The lowest BCUT2D eigenvalue weighted by atomic mass is 9.85. The maximum Gasteiger partial charge on any atom is 0.317 e. The highest BCUT2D eigenvalue weighted by atomic mass is 16.5. The first-order valence-electron chi connectivity index (χ1n) is 6.73. The molecule has 0 atom stereocenters. The van der Waals surface area contributed by atoms with Crippen LogP contribution in [-0.4, -0.2) is 31.3 Å². The number of hydrogen-bond acceptors (Lipinski definition) is 4. The summed E-state index contributed by atoms with van der Waals surface area (Å²) in [5, 5.41) is 13.8. The van der Waals surface area contributed by atoms with Crippen LogP contribution in [0, 0.1) is 11.8 Å². The number of ether oxygens (including phenoxy) is 1. The molecule has 106 valence electrons. The molecule has 1 aliphatic heterocycles. The third-order valence-corrected chi connectivity index (χ3v) is 3.55. The van der Waals surface area contributed by atoms with Gasteiger partial charge in [0.15, 0.2) is 0 Å². The number of hydrogen-bond donors (Lipinski definition) is 2. The van der Waals surface area contributed by atoms with Gasteiger partial charge in [0, 0.05) is 5.56 Å². The standard InChI is InChI=1S/C16H19NO3/c1-20-15(18)4-2-3-13-5-7-14(8-6-13)16(19)9-11-17-12-10-16/h5-8,17,19H,4,9-12H2,1H3. The van der Waals surface area contributed by atoms with Crippen molar-refractivity contribution < 1.29 is 14.6 Å². The van der Waals surface area contributed by atoms with Crippen LogP contribution in [0.5, 0.6) is 0 Å². The van der Waals surface area contributed by atoms with Gasteiger partial charge in [0.2, 0.25) is 0 Å². The van der Waals surface area contributed by atoms with E-state index in [2.05, 4.69) is 21.9 Å². The van der Waals surface area contributed by atoms with Gasteiger partial charge in [0.1, 0.15) is 6.42 Å². The van der Waals surface area contributed by atoms with Gasteiger partial charge < -0.3 is 15.2 Å². The fraction of sp³-hybridized carbons (Fsp3) is 0.438. The predicted molar refractivity (Wildman–Crippen MR) is 76.0 cm³/mol. The predicted octanol–water partition coefficient (Wildman–Crippen LogP) is 1.17. The number of benzene rings is 1. The Morgan fingerprint density at radius 3 is 2.60 bits per heavy atom. The van der Waals surface area contributed by atoms with Gasteiger partial charge in [-0.15, -0.1) is 0 Å². The van der Waals surface area contributed by atoms with Crippen LogP contribution in [0.4, 0.5) is 0 Å². The van der Waals surface area contributed by atoms with Crippen molar-refractivity contribution in [2.24, 2.45) is 0 Å². The fourth-order valence-electron chi connectivity index (χ4n) is 2.28. The molecule has 1 heterocycles. The SMILES string of the molecule is COC(=O)CC#Cc1ccc(C2(O)CCNCC2)cc1. The summed E-state index contributed by atoms with van der Waals surface area (Å²) in [6.45, 7) is 1.66. The number of aliphatic hydroxyl groups is 1. The molecular formula is C16H19NO3. The Kier molecular flexibility index (Phi) is 4.78. The molecule has 4 heteroatoms. The Hall–Kier alpha value is -1.83. The summed E-state index contributed by atoms with van der Waals surface area (Å²) < 4.78 is 4.52. The smallest absolute Gasteiger partial charge is 0.317 e. The summed E-state index contributed by atoms with van der Waals surface area (Å²) in [7, 11) is 1.35. The summed E-state index contributed by atoms with van der Waals surface area (Å²) in [5.41, 5.74) is 1.02. The van der Waals surface area contributed by atoms with Gasteiger partial charge in [0.05, 0.1) is 12.7 Å². The molecule has 1 aliphatic rings. The van der Waals surface area contributed by atoms with E-state index in [1.54, 1.807) is 0 Å². The van der Waals surface area contributed by atoms with Crippen LogP contribution in [-0.2, 0) is 15.1 Å². The Bertz CT molecular complexity index is 519. The zero-order chi connectivity index (χ0) is 14.4. The first kappa shape index (κ1) is 14.6. The average Bonchev–Trinajstić information content (AvgIpc) is 2.48. The first-order valence-corrected chi connectivity index (χ1v) is 6.73. The molecule has 2 N–H and O–H groups in total. The molecule has 0 spiro atoms. The van der Waals surface area contributed by atoms with Crippen molar-refractivity contribution in [1.82, 2.24) is 5.32 Å². The number of nitrogens with one attached hydrogen (secondary N) is 1. The zero-order valence-electron chi connectivity index (χ0n) is 11.6. The Morgan fingerprint density at radius 1 is 1.35 bits per heavy atom. The van der Waals surface area contributed by atoms with E-state index in [0.717, 1.165) is 37.1 Å². The van der Waals surface area contributed by atoms with E-state index >= 15 is 0 Å². The summed E-state index contributed by atoms with van der Waals surface area (Å²) in [6.07, 6.45) is 1.54. The van der Waals surface area contributed by atoms with Crippen LogP contribution >= 0.6 is 0 Å². The minimum absolute atomic E-state index is 0.0911. The van der Waals surface area contributed by atoms with Gasteiger partial charge >= 0.3 is 5.97 Å². The van der Waals surface area contributed by atoms with Crippen molar-refractivity contribution in [3.8, 4) is 11.8 Å². The molecule has 0 saturated carbocycles. The molecule has 0 aliphatic carbocycles. The van der Waals surface area contributed by atoms with Gasteiger partial charge in [-0.2, -0.15) is 0 Å². The summed E-state index contributed by atoms with van der Waals surface area (Å²) >= 11 is 0. The van der Waals surface area contributed by atoms with Gasteiger partial charge in [-0.05, 0) is 43.6 Å². The van der Waals surface area contributed by atoms with Crippen molar-refractivity contribution in [3.05, 3.63) is 35.4 Å². The molecule has 0 radical (unpaired) electrons. The van der Waals surface area contributed by atoms with E-state index < -0.39 is 5.60 Å². The van der Waals surface area contributed by atoms with Crippen LogP contribution in [0.2, 0.25) is 0 Å². The maximum absolute atomic E-state index is 10.9. The quantitative estimate of drug-likeness (QED) is 0.627. The van der Waals surface area contributed by atoms with E-state index in [4.69, 9.17) is 0 Å². The fourth-order valence-corrected chi connectivity index (χ4v) is 2.28. The highest BCUT2D eigenvalue weighted by molar-refractivity contribution is 5.72. The molecule has 4 nitrogen and oxygen atoms in total. The monoisotopic (exact) mass is 273 g/mol. The number of rotatable bonds is 2. The van der Waals surface area contributed by atoms with Crippen LogP contribution in [0.25, 0.3) is 0 Å². The molecule has 1 saturated heterocycles. The second-order valence-corrected chi connectivity index (χ2v) is 4.91. The largest absolute Gasteiger partial charge is 0.468 e. The molecule has 0 bridgehead atoms. The van der Waals surface area contributed by atoms with Gasteiger partial charge in [-0.25, -0.2) is 0 Å². The molecular weight excluding hydrogens is 254 g/mol. The number of esters is 1. The minimum Gasteiger partial charge on any atom is -0.468 e. The number of piperidine rings is 1. The zero-order valence-corrected chi connectivity index (χ0v) is 11.6. The topological polar surface area (TPSA) is 58.6 Å². The van der Waals surface area contributed by atoms with Crippen molar-refractivity contribution in [2.45, 2.75) is 24.9 Å². The van der Waals surface area contributed by atoms with Crippen LogP contribution < -0.4 is 5.32 Å². The molecule has 1 aromatic rings. The van der Waals surface area contributed by atoms with Crippen LogP contribution in [0.15, 0.2) is 24.3 Å². The minimum atomic E-state index is -0.733. The van der Waals surface area contributed by atoms with Gasteiger partial charge in [-0.3, -0.25) is 4.79 Å². The highest BCUT2D eigenvalue weighted by Gasteiger charge is 2.30. The first-order chi connectivity index (χ1) is 9.64. The van der Waals surface area contributed by atoms with Crippen molar-refractivity contribution >= 4 is 5.97 Å². The normalized spacial score (nSPS) is 16.9.